The fourth-order valence-electron chi connectivity index (χ4n) is 4.84. The molecule has 3 heteroatoms. The first-order chi connectivity index (χ1) is 14.1. The monoisotopic (exact) mass is 373 g/mol. The Morgan fingerprint density at radius 3 is 2.52 bits per heavy atom. The lowest BCUT2D eigenvalue weighted by atomic mass is 9.68. The zero-order valence-corrected chi connectivity index (χ0v) is 16.3. The first kappa shape index (κ1) is 16.4. The Bertz CT molecular complexity index is 1420. The molecule has 0 bridgehead atoms. The number of pyridine rings is 3. The first-order valence-corrected chi connectivity index (χ1v) is 9.87. The van der Waals surface area contributed by atoms with Crippen LogP contribution in [0.1, 0.15) is 25.0 Å². The molecule has 6 rings (SSSR count). The summed E-state index contributed by atoms with van der Waals surface area (Å²) in [6, 6.07) is 19.4. The fourth-order valence-corrected chi connectivity index (χ4v) is 4.84. The van der Waals surface area contributed by atoms with Gasteiger partial charge in [-0.1, -0.05) is 44.2 Å². The van der Waals surface area contributed by atoms with Gasteiger partial charge >= 0.3 is 0 Å². The number of rotatable bonds is 1. The van der Waals surface area contributed by atoms with E-state index in [4.69, 9.17) is 4.98 Å². The quantitative estimate of drug-likeness (QED) is 0.354. The number of aromatic nitrogens is 3. The molecule has 3 aromatic heterocycles. The molecule has 138 valence electrons. The van der Waals surface area contributed by atoms with Crippen molar-refractivity contribution in [1.29, 1.82) is 0 Å². The van der Waals surface area contributed by atoms with Crippen LogP contribution in [0.2, 0.25) is 0 Å². The highest BCUT2D eigenvalue weighted by Crippen LogP contribution is 2.50. The third kappa shape index (κ3) is 2.21. The van der Waals surface area contributed by atoms with Gasteiger partial charge < -0.3 is 0 Å². The molecule has 2 aromatic carbocycles. The molecule has 0 saturated heterocycles. The van der Waals surface area contributed by atoms with E-state index in [-0.39, 0.29) is 5.41 Å². The predicted octanol–water partition coefficient (Wildman–Crippen LogP) is 6.15. The summed E-state index contributed by atoms with van der Waals surface area (Å²) in [5.41, 5.74) is 7.95. The normalized spacial score (nSPS) is 14.1. The van der Waals surface area contributed by atoms with E-state index >= 15 is 0 Å². The predicted molar refractivity (Wildman–Crippen MR) is 118 cm³/mol. The number of fused-ring (bicyclic) bond motifs is 4. The molecule has 0 N–H and O–H groups in total. The zero-order chi connectivity index (χ0) is 19.6. The van der Waals surface area contributed by atoms with Crippen molar-refractivity contribution >= 4 is 21.7 Å². The van der Waals surface area contributed by atoms with Crippen molar-refractivity contribution in [2.45, 2.75) is 19.3 Å². The van der Waals surface area contributed by atoms with Crippen LogP contribution in [0.5, 0.6) is 0 Å². The summed E-state index contributed by atoms with van der Waals surface area (Å²) in [6.45, 7) is 4.62. The largest absolute Gasteiger partial charge is 0.262 e. The molecule has 1 aliphatic rings. The molecule has 3 nitrogen and oxygen atoms in total. The van der Waals surface area contributed by atoms with Crippen LogP contribution in [-0.2, 0) is 5.41 Å². The molecule has 0 amide bonds. The second-order valence-electron chi connectivity index (χ2n) is 8.21. The van der Waals surface area contributed by atoms with E-state index in [9.17, 15) is 0 Å². The average molecular weight is 373 g/mol. The summed E-state index contributed by atoms with van der Waals surface area (Å²) in [7, 11) is 0. The maximum atomic E-state index is 4.80. The minimum absolute atomic E-state index is 0.184. The molecule has 3 heterocycles. The number of hydrogen-bond donors (Lipinski definition) is 0. The molecule has 29 heavy (non-hydrogen) atoms. The van der Waals surface area contributed by atoms with Gasteiger partial charge in [0, 0.05) is 40.3 Å². The fraction of sp³-hybridized carbons (Fsp3) is 0.115. The van der Waals surface area contributed by atoms with Gasteiger partial charge in [0.1, 0.15) is 0 Å². The van der Waals surface area contributed by atoms with E-state index in [0.717, 1.165) is 22.2 Å². The van der Waals surface area contributed by atoms with Crippen molar-refractivity contribution in [2.75, 3.05) is 0 Å². The molecule has 0 aliphatic heterocycles. The number of hydrogen-bond acceptors (Lipinski definition) is 3. The van der Waals surface area contributed by atoms with E-state index in [0.29, 0.717) is 0 Å². The Labute approximate surface area is 169 Å². The maximum absolute atomic E-state index is 4.80. The average Bonchev–Trinajstić information content (AvgIpc) is 2.77. The van der Waals surface area contributed by atoms with E-state index < -0.39 is 0 Å². The summed E-state index contributed by atoms with van der Waals surface area (Å²) in [5, 5.41) is 3.61. The van der Waals surface area contributed by atoms with Gasteiger partial charge in [0.05, 0.1) is 17.4 Å². The highest BCUT2D eigenvalue weighted by Gasteiger charge is 2.36. The lowest BCUT2D eigenvalue weighted by Gasteiger charge is -2.35. The minimum atomic E-state index is -0.184. The lowest BCUT2D eigenvalue weighted by Crippen LogP contribution is -2.25. The summed E-state index contributed by atoms with van der Waals surface area (Å²) >= 11 is 0. The van der Waals surface area contributed by atoms with Crippen molar-refractivity contribution in [3.05, 3.63) is 90.5 Å². The van der Waals surface area contributed by atoms with Crippen molar-refractivity contribution in [3.63, 3.8) is 0 Å². The van der Waals surface area contributed by atoms with Crippen molar-refractivity contribution < 1.29 is 0 Å². The molecular formula is C26H19N3. The van der Waals surface area contributed by atoms with E-state index in [1.54, 1.807) is 0 Å². The zero-order valence-electron chi connectivity index (χ0n) is 16.3. The van der Waals surface area contributed by atoms with Crippen LogP contribution in [0.15, 0.2) is 79.4 Å². The van der Waals surface area contributed by atoms with Gasteiger partial charge in [-0.2, -0.15) is 0 Å². The van der Waals surface area contributed by atoms with E-state index in [2.05, 4.69) is 78.4 Å². The third-order valence-electron chi connectivity index (χ3n) is 6.20. The van der Waals surface area contributed by atoms with Gasteiger partial charge in [-0.25, -0.2) is 0 Å². The van der Waals surface area contributed by atoms with Gasteiger partial charge in [0.2, 0.25) is 0 Å². The van der Waals surface area contributed by atoms with Gasteiger partial charge in [-0.3, -0.25) is 15.0 Å². The van der Waals surface area contributed by atoms with Crippen LogP contribution in [0.4, 0.5) is 0 Å². The molecule has 0 spiro atoms. The molecule has 1 aliphatic carbocycles. The van der Waals surface area contributed by atoms with Gasteiger partial charge in [-0.05, 0) is 51.9 Å². The van der Waals surface area contributed by atoms with Crippen molar-refractivity contribution in [1.82, 2.24) is 15.0 Å². The Hall–Kier alpha value is -3.59. The Balaban J connectivity index is 1.77. The Morgan fingerprint density at radius 2 is 1.66 bits per heavy atom. The SMILES string of the molecule is CC1(C)c2c(cnc3cnccc23)-c2nccc3cc(-c4ccccc4)cc1c23. The topological polar surface area (TPSA) is 38.7 Å². The van der Waals surface area contributed by atoms with Crippen LogP contribution >= 0.6 is 0 Å². The smallest absolute Gasteiger partial charge is 0.0888 e. The second kappa shape index (κ2) is 5.71. The van der Waals surface area contributed by atoms with Crippen LogP contribution in [0.3, 0.4) is 0 Å². The summed E-state index contributed by atoms with van der Waals surface area (Å²) in [6.07, 6.45) is 7.58. The lowest BCUT2D eigenvalue weighted by molar-refractivity contribution is 0.650. The molecule has 0 saturated carbocycles. The van der Waals surface area contributed by atoms with Crippen LogP contribution in [0.25, 0.3) is 44.1 Å². The standard InChI is InChI=1S/C26H19N3/c1-26(2)21-13-18(16-6-4-3-5-7-16)12-17-8-11-28-25(23(17)21)20-14-29-22-15-27-10-9-19(22)24(20)26/h3-15H,1-2H3. The molecule has 0 atom stereocenters. The summed E-state index contributed by atoms with van der Waals surface area (Å²) in [4.78, 5) is 13.7. The van der Waals surface area contributed by atoms with E-state index in [1.165, 1.54) is 33.0 Å². The molecule has 0 unspecified atom stereocenters. The van der Waals surface area contributed by atoms with E-state index in [1.807, 2.05) is 24.8 Å². The highest BCUT2D eigenvalue weighted by atomic mass is 14.7. The van der Waals surface area contributed by atoms with Crippen molar-refractivity contribution in [2.24, 2.45) is 0 Å². The van der Waals surface area contributed by atoms with Crippen LogP contribution < -0.4 is 0 Å². The van der Waals surface area contributed by atoms with Gasteiger partial charge in [-0.15, -0.1) is 0 Å². The van der Waals surface area contributed by atoms with Gasteiger partial charge in [0.15, 0.2) is 0 Å². The van der Waals surface area contributed by atoms with Crippen LogP contribution in [0, 0.1) is 0 Å². The molecule has 0 radical (unpaired) electrons. The maximum Gasteiger partial charge on any atom is 0.0888 e. The van der Waals surface area contributed by atoms with Crippen LogP contribution in [-0.4, -0.2) is 15.0 Å². The number of nitrogens with zero attached hydrogens (tertiary/aromatic N) is 3. The molecule has 5 aromatic rings. The van der Waals surface area contributed by atoms with Crippen molar-refractivity contribution in [3.8, 4) is 22.4 Å². The third-order valence-corrected chi connectivity index (χ3v) is 6.20. The minimum Gasteiger partial charge on any atom is -0.262 e. The first-order valence-electron chi connectivity index (χ1n) is 9.87. The summed E-state index contributed by atoms with van der Waals surface area (Å²) in [5.74, 6) is 0. The summed E-state index contributed by atoms with van der Waals surface area (Å²) < 4.78 is 0. The molecule has 0 fully saturated rings. The Kier molecular flexibility index (Phi) is 3.22. The second-order valence-corrected chi connectivity index (χ2v) is 8.21. The Morgan fingerprint density at radius 1 is 0.793 bits per heavy atom. The highest BCUT2D eigenvalue weighted by molar-refractivity contribution is 6.06. The molecular weight excluding hydrogens is 354 g/mol. The van der Waals surface area contributed by atoms with Gasteiger partial charge in [0.25, 0.3) is 0 Å². The number of benzene rings is 2.